The first-order valence-corrected chi connectivity index (χ1v) is 7.81. The van der Waals surface area contributed by atoms with Gasteiger partial charge in [0.1, 0.15) is 0 Å². The van der Waals surface area contributed by atoms with E-state index in [0.717, 1.165) is 6.54 Å². The Hall–Kier alpha value is -0.0300. The predicted octanol–water partition coefficient (Wildman–Crippen LogP) is 2.49. The second kappa shape index (κ2) is 5.54. The van der Waals surface area contributed by atoms with Gasteiger partial charge in [0.05, 0.1) is 6.04 Å². The summed E-state index contributed by atoms with van der Waals surface area (Å²) in [6.07, 6.45) is 1.31. The first-order valence-electron chi connectivity index (χ1n) is 5.77. The fourth-order valence-electron chi connectivity index (χ4n) is 2.28. The highest BCUT2D eigenvalue weighted by Crippen LogP contribution is 2.32. The molecule has 2 atom stereocenters. The Balaban J connectivity index is 2.12. The lowest BCUT2D eigenvalue weighted by Gasteiger charge is -2.31. The standard InChI is InChI=1S/C12H20N2S2/c1-9-3-6-16-12(9)11(7-13)14(2)10-4-5-15-8-10/h3,6,10-11H,4-5,7-8,13H2,1-2H3. The van der Waals surface area contributed by atoms with E-state index in [0.29, 0.717) is 12.1 Å². The van der Waals surface area contributed by atoms with Crippen LogP contribution in [0.1, 0.15) is 22.9 Å². The number of rotatable bonds is 4. The summed E-state index contributed by atoms with van der Waals surface area (Å²) in [5.41, 5.74) is 7.35. The summed E-state index contributed by atoms with van der Waals surface area (Å²) in [7, 11) is 2.23. The number of nitrogens with two attached hydrogens (primary N) is 1. The Labute approximate surface area is 106 Å². The van der Waals surface area contributed by atoms with Gasteiger partial charge in [0.25, 0.3) is 0 Å². The van der Waals surface area contributed by atoms with Gasteiger partial charge in [-0.2, -0.15) is 11.8 Å². The molecule has 0 bridgehead atoms. The molecule has 2 heterocycles. The minimum Gasteiger partial charge on any atom is -0.329 e. The number of hydrogen-bond acceptors (Lipinski definition) is 4. The molecule has 0 amide bonds. The van der Waals surface area contributed by atoms with Gasteiger partial charge < -0.3 is 5.73 Å². The van der Waals surface area contributed by atoms with Gasteiger partial charge in [-0.15, -0.1) is 11.3 Å². The summed E-state index contributed by atoms with van der Waals surface area (Å²) in [5.74, 6) is 2.56. The summed E-state index contributed by atoms with van der Waals surface area (Å²) in [6.45, 7) is 2.91. The fourth-order valence-corrected chi connectivity index (χ4v) is 4.65. The SMILES string of the molecule is Cc1ccsc1C(CN)N(C)C1CCSC1. The van der Waals surface area contributed by atoms with Crippen LogP contribution in [-0.2, 0) is 0 Å². The van der Waals surface area contributed by atoms with Gasteiger partial charge >= 0.3 is 0 Å². The molecule has 2 unspecified atom stereocenters. The zero-order valence-corrected chi connectivity index (χ0v) is 11.6. The average molecular weight is 256 g/mol. The number of likely N-dealkylation sites (N-methyl/N-ethyl adjacent to an activating group) is 1. The van der Waals surface area contributed by atoms with Crippen molar-refractivity contribution in [1.29, 1.82) is 0 Å². The minimum absolute atomic E-state index is 0.406. The molecule has 1 fully saturated rings. The lowest BCUT2D eigenvalue weighted by atomic mass is 10.1. The molecule has 16 heavy (non-hydrogen) atoms. The van der Waals surface area contributed by atoms with Gasteiger partial charge in [-0.1, -0.05) is 0 Å². The lowest BCUT2D eigenvalue weighted by molar-refractivity contribution is 0.195. The van der Waals surface area contributed by atoms with Crippen LogP contribution < -0.4 is 5.73 Å². The smallest absolute Gasteiger partial charge is 0.0567 e. The van der Waals surface area contributed by atoms with E-state index >= 15 is 0 Å². The number of thioether (sulfide) groups is 1. The molecule has 4 heteroatoms. The van der Waals surface area contributed by atoms with E-state index in [2.05, 4.69) is 42.1 Å². The van der Waals surface area contributed by atoms with Crippen molar-refractivity contribution in [2.24, 2.45) is 5.73 Å². The number of hydrogen-bond donors (Lipinski definition) is 1. The summed E-state index contributed by atoms with van der Waals surface area (Å²) in [6, 6.07) is 3.31. The summed E-state index contributed by atoms with van der Waals surface area (Å²) in [4.78, 5) is 3.93. The number of aryl methyl sites for hydroxylation is 1. The maximum absolute atomic E-state index is 5.96. The monoisotopic (exact) mass is 256 g/mol. The normalized spacial score (nSPS) is 22.9. The molecular formula is C12H20N2S2. The van der Waals surface area contributed by atoms with Crippen LogP contribution in [0, 0.1) is 6.92 Å². The van der Waals surface area contributed by atoms with E-state index in [-0.39, 0.29) is 0 Å². The Bertz CT molecular complexity index is 332. The highest BCUT2D eigenvalue weighted by molar-refractivity contribution is 7.99. The molecule has 0 aromatic carbocycles. The molecule has 0 saturated carbocycles. The van der Waals surface area contributed by atoms with Crippen molar-refractivity contribution < 1.29 is 0 Å². The quantitative estimate of drug-likeness (QED) is 0.897. The van der Waals surface area contributed by atoms with E-state index in [1.54, 1.807) is 0 Å². The van der Waals surface area contributed by atoms with Crippen LogP contribution in [0.2, 0.25) is 0 Å². The van der Waals surface area contributed by atoms with Crippen LogP contribution in [0.3, 0.4) is 0 Å². The van der Waals surface area contributed by atoms with Crippen molar-refractivity contribution in [3.63, 3.8) is 0 Å². The number of nitrogens with zero attached hydrogens (tertiary/aromatic N) is 1. The molecule has 1 aliphatic heterocycles. The fraction of sp³-hybridized carbons (Fsp3) is 0.667. The Kier molecular flexibility index (Phi) is 4.30. The van der Waals surface area contributed by atoms with Crippen LogP contribution in [0.5, 0.6) is 0 Å². The Morgan fingerprint density at radius 3 is 2.94 bits per heavy atom. The van der Waals surface area contributed by atoms with Crippen molar-refractivity contribution in [1.82, 2.24) is 4.90 Å². The topological polar surface area (TPSA) is 29.3 Å². The molecule has 1 aliphatic rings. The third-order valence-corrected chi connectivity index (χ3v) is 5.67. The highest BCUT2D eigenvalue weighted by Gasteiger charge is 2.27. The van der Waals surface area contributed by atoms with Crippen LogP contribution >= 0.6 is 23.1 Å². The summed E-state index contributed by atoms with van der Waals surface area (Å²) >= 11 is 3.90. The van der Waals surface area contributed by atoms with Crippen molar-refractivity contribution in [3.8, 4) is 0 Å². The van der Waals surface area contributed by atoms with Crippen LogP contribution in [0.25, 0.3) is 0 Å². The molecule has 90 valence electrons. The van der Waals surface area contributed by atoms with Crippen LogP contribution in [0.4, 0.5) is 0 Å². The van der Waals surface area contributed by atoms with Crippen molar-refractivity contribution in [2.75, 3.05) is 25.1 Å². The van der Waals surface area contributed by atoms with Crippen molar-refractivity contribution in [3.05, 3.63) is 21.9 Å². The molecule has 0 spiro atoms. The molecule has 2 N–H and O–H groups in total. The zero-order chi connectivity index (χ0) is 11.5. The largest absolute Gasteiger partial charge is 0.329 e. The van der Waals surface area contributed by atoms with E-state index in [1.165, 1.54) is 28.4 Å². The maximum Gasteiger partial charge on any atom is 0.0567 e. The molecule has 2 nitrogen and oxygen atoms in total. The molecular weight excluding hydrogens is 236 g/mol. The lowest BCUT2D eigenvalue weighted by Crippen LogP contribution is -2.38. The summed E-state index contributed by atoms with van der Waals surface area (Å²) < 4.78 is 0. The minimum atomic E-state index is 0.406. The third kappa shape index (κ3) is 2.45. The molecule has 1 aromatic rings. The van der Waals surface area contributed by atoms with E-state index < -0.39 is 0 Å². The van der Waals surface area contributed by atoms with Gasteiger partial charge in [-0.3, -0.25) is 4.90 Å². The van der Waals surface area contributed by atoms with Crippen LogP contribution in [-0.4, -0.2) is 36.0 Å². The molecule has 2 rings (SSSR count). The van der Waals surface area contributed by atoms with E-state index in [4.69, 9.17) is 5.73 Å². The Morgan fingerprint density at radius 2 is 2.44 bits per heavy atom. The van der Waals surface area contributed by atoms with Crippen LogP contribution in [0.15, 0.2) is 11.4 Å². The average Bonchev–Trinajstić information content (AvgIpc) is 2.91. The first kappa shape index (κ1) is 12.4. The van der Waals surface area contributed by atoms with Gasteiger partial charge in [-0.25, -0.2) is 0 Å². The third-order valence-electron chi connectivity index (χ3n) is 3.40. The highest BCUT2D eigenvalue weighted by atomic mass is 32.2. The summed E-state index contributed by atoms with van der Waals surface area (Å²) in [5, 5.41) is 2.17. The molecule has 1 saturated heterocycles. The van der Waals surface area contributed by atoms with Gasteiger partial charge in [0.15, 0.2) is 0 Å². The molecule has 0 radical (unpaired) electrons. The Morgan fingerprint density at radius 1 is 1.62 bits per heavy atom. The van der Waals surface area contributed by atoms with Crippen molar-refractivity contribution in [2.45, 2.75) is 25.4 Å². The second-order valence-electron chi connectivity index (χ2n) is 4.40. The predicted molar refractivity (Wildman–Crippen MR) is 74.3 cm³/mol. The maximum atomic E-state index is 5.96. The van der Waals surface area contributed by atoms with Gasteiger partial charge in [0.2, 0.25) is 0 Å². The van der Waals surface area contributed by atoms with Gasteiger partial charge in [-0.05, 0) is 43.2 Å². The first-order chi connectivity index (χ1) is 7.74. The number of thiophene rings is 1. The zero-order valence-electron chi connectivity index (χ0n) is 9.98. The second-order valence-corrected chi connectivity index (χ2v) is 6.50. The van der Waals surface area contributed by atoms with Crippen molar-refractivity contribution >= 4 is 23.1 Å². The molecule has 0 aliphatic carbocycles. The van der Waals surface area contributed by atoms with E-state index in [9.17, 15) is 0 Å². The van der Waals surface area contributed by atoms with Gasteiger partial charge in [0, 0.05) is 23.2 Å². The molecule has 1 aromatic heterocycles. The van der Waals surface area contributed by atoms with E-state index in [1.807, 2.05) is 11.3 Å².